The lowest BCUT2D eigenvalue weighted by Gasteiger charge is -2.42. The lowest BCUT2D eigenvalue weighted by atomic mass is 9.64. The van der Waals surface area contributed by atoms with Crippen LogP contribution in [0.25, 0.3) is 11.1 Å². The molecule has 2 aliphatic heterocycles. The van der Waals surface area contributed by atoms with Crippen LogP contribution in [0.5, 0.6) is 0 Å². The van der Waals surface area contributed by atoms with Gasteiger partial charge in [0.05, 0.1) is 18.8 Å². The van der Waals surface area contributed by atoms with Crippen LogP contribution < -0.4 is 0 Å². The zero-order valence-corrected chi connectivity index (χ0v) is 25.3. The Balaban J connectivity index is 1.33. The summed E-state index contributed by atoms with van der Waals surface area (Å²) in [6.07, 6.45) is -10.8. The van der Waals surface area contributed by atoms with Crippen LogP contribution in [-0.4, -0.2) is 126 Å². The molecule has 246 valence electrons. The van der Waals surface area contributed by atoms with Crippen LogP contribution in [-0.2, 0) is 14.9 Å². The first-order valence-corrected chi connectivity index (χ1v) is 15.5. The monoisotopic (exact) mass is 636 g/mol. The maximum atomic E-state index is 10.9. The van der Waals surface area contributed by atoms with Crippen molar-refractivity contribution in [3.8, 4) is 34.8 Å². The molecule has 10 atom stereocenters. The maximum absolute atomic E-state index is 10.9. The van der Waals surface area contributed by atoms with Crippen LogP contribution in [0.3, 0.4) is 0 Å². The smallest absolute Gasteiger partial charge is 0.147 e. The second kappa shape index (κ2) is 12.6. The zero-order chi connectivity index (χ0) is 33.0. The molecule has 2 aromatic carbocycles. The molecule has 2 aliphatic carbocycles. The van der Waals surface area contributed by atoms with Gasteiger partial charge in [-0.05, 0) is 79.1 Å². The third kappa shape index (κ3) is 5.77. The Morgan fingerprint density at radius 1 is 0.630 bits per heavy atom. The molecule has 11 heteroatoms. The molecule has 1 saturated carbocycles. The van der Waals surface area contributed by atoms with E-state index in [0.717, 1.165) is 22.3 Å². The van der Waals surface area contributed by atoms with E-state index in [-0.39, 0.29) is 0 Å². The molecule has 11 nitrogen and oxygen atoms in total. The van der Waals surface area contributed by atoms with Crippen molar-refractivity contribution in [3.05, 3.63) is 58.7 Å². The molecule has 0 unspecified atom stereocenters. The molecule has 2 heterocycles. The zero-order valence-electron chi connectivity index (χ0n) is 25.3. The molecule has 3 fully saturated rings. The number of hydrogen-bond acceptors (Lipinski definition) is 11. The SMILES string of the molecule is CC1(O)CCC2(CC1)c1cc(C#C[C@H]3O[C@H](CO)[C@@H](O)[C@H](O)[C@@H]3O)ccc1-c1ccc(C#C[C@H]3O[C@H](CO)[C@@H](O)[C@H](O)[C@@H]3O)cc12. The van der Waals surface area contributed by atoms with Crippen LogP contribution >= 0.6 is 0 Å². The van der Waals surface area contributed by atoms with E-state index in [1.54, 1.807) is 0 Å². The van der Waals surface area contributed by atoms with Gasteiger partial charge < -0.3 is 55.4 Å². The Labute approximate surface area is 266 Å². The highest BCUT2D eigenvalue weighted by molar-refractivity contribution is 5.82. The molecule has 1 spiro atoms. The number of aliphatic hydroxyl groups is 9. The lowest BCUT2D eigenvalue weighted by molar-refractivity contribution is -0.214. The minimum atomic E-state index is -1.52. The predicted molar refractivity (Wildman–Crippen MR) is 163 cm³/mol. The molecule has 9 N–H and O–H groups in total. The largest absolute Gasteiger partial charge is 0.394 e. The van der Waals surface area contributed by atoms with Crippen molar-refractivity contribution in [3.63, 3.8) is 0 Å². The van der Waals surface area contributed by atoms with Gasteiger partial charge in [0.15, 0.2) is 0 Å². The first-order valence-electron chi connectivity index (χ1n) is 15.5. The summed E-state index contributed by atoms with van der Waals surface area (Å²) in [6.45, 7) is 0.754. The van der Waals surface area contributed by atoms with Gasteiger partial charge in [-0.3, -0.25) is 0 Å². The van der Waals surface area contributed by atoms with Gasteiger partial charge in [-0.15, -0.1) is 0 Å². The number of fused-ring (bicyclic) bond motifs is 5. The van der Waals surface area contributed by atoms with Crippen molar-refractivity contribution < 1.29 is 55.4 Å². The standard InChI is InChI=1S/C35H40O11/c1-34(44)10-12-35(13-11-34)22-14-18(4-8-24-28(38)32(42)30(40)26(16-36)45-24)2-6-20(22)21-7-3-19(15-23(21)35)5-9-25-29(39)33(43)31(41)27(17-37)46-25/h2-3,6-7,14-15,24-33,36-44H,10-13,16-17H2,1H3/t24-,25-,26-,27-,28-,29-,30-,31-,32-,33-/m1/s1. The second-order valence-electron chi connectivity index (χ2n) is 13.1. The topological polar surface area (TPSA) is 201 Å². The highest BCUT2D eigenvalue weighted by Gasteiger charge is 2.48. The number of aliphatic hydroxyl groups excluding tert-OH is 8. The predicted octanol–water partition coefficient (Wildman–Crippen LogP) is -1.33. The van der Waals surface area contributed by atoms with E-state index in [0.29, 0.717) is 36.8 Å². The summed E-state index contributed by atoms with van der Waals surface area (Å²) in [6, 6.07) is 11.6. The van der Waals surface area contributed by atoms with E-state index in [2.05, 4.69) is 23.7 Å². The van der Waals surface area contributed by atoms with Crippen LogP contribution in [0, 0.1) is 23.7 Å². The number of benzene rings is 2. The summed E-state index contributed by atoms with van der Waals surface area (Å²) in [5.41, 5.74) is 4.14. The van der Waals surface area contributed by atoms with Crippen molar-refractivity contribution in [1.82, 2.24) is 0 Å². The first kappa shape index (κ1) is 33.0. The van der Waals surface area contributed by atoms with Gasteiger partial charge in [-0.25, -0.2) is 0 Å². The fraction of sp³-hybridized carbons (Fsp3) is 0.543. The van der Waals surface area contributed by atoms with E-state index in [1.165, 1.54) is 0 Å². The lowest BCUT2D eigenvalue weighted by Crippen LogP contribution is -2.58. The van der Waals surface area contributed by atoms with Crippen molar-refractivity contribution in [2.45, 2.75) is 105 Å². The van der Waals surface area contributed by atoms with Crippen LogP contribution in [0.1, 0.15) is 54.9 Å². The normalized spacial score (nSPS) is 35.7. The summed E-state index contributed by atoms with van der Waals surface area (Å²) in [5.74, 6) is 11.8. The molecule has 0 radical (unpaired) electrons. The van der Waals surface area contributed by atoms with Crippen LogP contribution in [0.4, 0.5) is 0 Å². The molecule has 2 saturated heterocycles. The van der Waals surface area contributed by atoms with Gasteiger partial charge in [0.25, 0.3) is 0 Å². The third-order valence-corrected chi connectivity index (χ3v) is 10.0. The Morgan fingerprint density at radius 2 is 1.04 bits per heavy atom. The van der Waals surface area contributed by atoms with Gasteiger partial charge in [-0.2, -0.15) is 0 Å². The average Bonchev–Trinajstić information content (AvgIpc) is 3.31. The Bertz CT molecular complexity index is 1460. The highest BCUT2D eigenvalue weighted by atomic mass is 16.5. The molecular weight excluding hydrogens is 596 g/mol. The minimum Gasteiger partial charge on any atom is -0.394 e. The van der Waals surface area contributed by atoms with Gasteiger partial charge >= 0.3 is 0 Å². The molecule has 2 aromatic rings. The van der Waals surface area contributed by atoms with Crippen LogP contribution in [0.2, 0.25) is 0 Å². The van der Waals surface area contributed by atoms with Crippen molar-refractivity contribution >= 4 is 0 Å². The van der Waals surface area contributed by atoms with Gasteiger partial charge in [0.1, 0.15) is 61.0 Å². The molecular formula is C35H40O11. The molecule has 6 rings (SSSR count). The van der Waals surface area contributed by atoms with E-state index in [4.69, 9.17) is 9.47 Å². The van der Waals surface area contributed by atoms with Crippen LogP contribution in [0.15, 0.2) is 36.4 Å². The number of rotatable bonds is 2. The summed E-state index contributed by atoms with van der Waals surface area (Å²) < 4.78 is 11.1. The van der Waals surface area contributed by atoms with Crippen molar-refractivity contribution in [2.24, 2.45) is 0 Å². The number of ether oxygens (including phenoxy) is 2. The van der Waals surface area contributed by atoms with Crippen molar-refractivity contribution in [1.29, 1.82) is 0 Å². The molecule has 0 aromatic heterocycles. The highest BCUT2D eigenvalue weighted by Crippen LogP contribution is 2.57. The summed E-state index contributed by atoms with van der Waals surface area (Å²) in [5, 5.41) is 91.2. The maximum Gasteiger partial charge on any atom is 0.147 e. The Kier molecular flexibility index (Phi) is 9.06. The summed E-state index contributed by atoms with van der Waals surface area (Å²) in [4.78, 5) is 0. The van der Waals surface area contributed by atoms with Gasteiger partial charge in [-0.1, -0.05) is 35.8 Å². The minimum absolute atomic E-state index is 0.450. The third-order valence-electron chi connectivity index (χ3n) is 10.0. The Hall–Kier alpha value is -2.88. The van der Waals surface area contributed by atoms with E-state index in [1.807, 2.05) is 43.3 Å². The first-order chi connectivity index (χ1) is 21.9. The molecule has 0 amide bonds. The molecule has 0 bridgehead atoms. The fourth-order valence-electron chi connectivity index (χ4n) is 7.16. The van der Waals surface area contributed by atoms with Gasteiger partial charge in [0.2, 0.25) is 0 Å². The van der Waals surface area contributed by atoms with E-state index < -0.39 is 85.3 Å². The quantitative estimate of drug-likeness (QED) is 0.177. The molecule has 46 heavy (non-hydrogen) atoms. The average molecular weight is 637 g/mol. The molecule has 4 aliphatic rings. The Morgan fingerprint density at radius 3 is 1.43 bits per heavy atom. The summed E-state index contributed by atoms with van der Waals surface area (Å²) in [7, 11) is 0. The van der Waals surface area contributed by atoms with Gasteiger partial charge in [0, 0.05) is 16.5 Å². The number of hydrogen-bond donors (Lipinski definition) is 9. The van der Waals surface area contributed by atoms with E-state index >= 15 is 0 Å². The summed E-state index contributed by atoms with van der Waals surface area (Å²) >= 11 is 0. The van der Waals surface area contributed by atoms with Crippen molar-refractivity contribution in [2.75, 3.05) is 13.2 Å². The second-order valence-corrected chi connectivity index (χ2v) is 13.1. The fourth-order valence-corrected chi connectivity index (χ4v) is 7.16. The van der Waals surface area contributed by atoms with E-state index in [9.17, 15) is 46.0 Å².